The van der Waals surface area contributed by atoms with Gasteiger partial charge >= 0.3 is 6.09 Å². The summed E-state index contributed by atoms with van der Waals surface area (Å²) in [5.41, 5.74) is 1.23. The van der Waals surface area contributed by atoms with Gasteiger partial charge in [0, 0.05) is 18.6 Å². The Morgan fingerprint density at radius 3 is 2.58 bits per heavy atom. The van der Waals surface area contributed by atoms with E-state index in [4.69, 9.17) is 19.4 Å². The normalized spacial score (nSPS) is 19.3. The summed E-state index contributed by atoms with van der Waals surface area (Å²) in [5, 5.41) is 3.44. The van der Waals surface area contributed by atoms with Crippen LogP contribution in [0.2, 0.25) is 0 Å². The van der Waals surface area contributed by atoms with Gasteiger partial charge in [0.05, 0.1) is 17.6 Å². The smallest absolute Gasteiger partial charge is 0.410 e. The van der Waals surface area contributed by atoms with Crippen molar-refractivity contribution >= 4 is 22.9 Å². The van der Waals surface area contributed by atoms with Crippen LogP contribution in [-0.4, -0.2) is 51.8 Å². The van der Waals surface area contributed by atoms with Crippen molar-refractivity contribution in [1.82, 2.24) is 14.9 Å². The number of anilines is 1. The number of nitrogens with one attached hydrogen (secondary N) is 1. The summed E-state index contributed by atoms with van der Waals surface area (Å²) in [6, 6.07) is 8.54. The fraction of sp³-hybridized carbons (Fsp3) is 0.625. The summed E-state index contributed by atoms with van der Waals surface area (Å²) in [6.45, 7) is 7.05. The molecule has 2 aromatic rings. The first-order valence-electron chi connectivity index (χ1n) is 11.5. The van der Waals surface area contributed by atoms with E-state index in [9.17, 15) is 4.79 Å². The molecule has 2 heterocycles. The number of nitrogens with zero attached hydrogens (tertiary/aromatic N) is 3. The zero-order valence-electron chi connectivity index (χ0n) is 18.9. The molecule has 1 aliphatic heterocycles. The van der Waals surface area contributed by atoms with E-state index in [-0.39, 0.29) is 12.1 Å². The molecule has 31 heavy (non-hydrogen) atoms. The zero-order chi connectivity index (χ0) is 21.8. The molecule has 0 spiro atoms. The predicted molar refractivity (Wildman–Crippen MR) is 121 cm³/mol. The highest BCUT2D eigenvalue weighted by molar-refractivity contribution is 5.77. The van der Waals surface area contributed by atoms with E-state index < -0.39 is 5.60 Å². The first-order valence-corrected chi connectivity index (χ1v) is 11.5. The van der Waals surface area contributed by atoms with Gasteiger partial charge in [0.1, 0.15) is 5.60 Å². The molecule has 1 aliphatic carbocycles. The lowest BCUT2D eigenvalue weighted by Crippen LogP contribution is -2.46. The first-order chi connectivity index (χ1) is 14.9. The second-order valence-corrected chi connectivity index (χ2v) is 9.60. The van der Waals surface area contributed by atoms with Gasteiger partial charge in [0.15, 0.2) is 5.82 Å². The van der Waals surface area contributed by atoms with Gasteiger partial charge in [-0.1, -0.05) is 12.1 Å². The number of rotatable bonds is 7. The van der Waals surface area contributed by atoms with Crippen LogP contribution in [0.1, 0.15) is 65.7 Å². The molecular weight excluding hydrogens is 392 g/mol. The third kappa shape index (κ3) is 5.99. The highest BCUT2D eigenvalue weighted by Crippen LogP contribution is 2.30. The lowest BCUT2D eigenvalue weighted by Gasteiger charge is -2.36. The number of carbonyl (C=O) groups excluding carboxylic acids is 1. The highest BCUT2D eigenvalue weighted by atomic mass is 16.6. The zero-order valence-corrected chi connectivity index (χ0v) is 18.9. The van der Waals surface area contributed by atoms with Crippen LogP contribution in [0.5, 0.6) is 5.88 Å². The van der Waals surface area contributed by atoms with Crippen LogP contribution in [0.25, 0.3) is 11.0 Å². The summed E-state index contributed by atoms with van der Waals surface area (Å²) in [7, 11) is 0. The summed E-state index contributed by atoms with van der Waals surface area (Å²) in [6.07, 6.45) is 7.07. The number of piperidine rings is 1. The lowest BCUT2D eigenvalue weighted by molar-refractivity contribution is 0.00822. The molecule has 0 unspecified atom stereocenters. The summed E-state index contributed by atoms with van der Waals surface area (Å²) in [5.74, 6) is 1.30. The SMILES string of the molecule is CC(C)(C)OC(=O)N1CCCC[C@H]1CCCOc1nc2ccccc2nc1NC1CC1. The van der Waals surface area contributed by atoms with Gasteiger partial charge in [-0.3, -0.25) is 0 Å². The van der Waals surface area contributed by atoms with Crippen LogP contribution in [0, 0.1) is 0 Å². The molecule has 7 nitrogen and oxygen atoms in total. The minimum Gasteiger partial charge on any atom is -0.475 e. The Balaban J connectivity index is 1.35. The third-order valence-corrected chi connectivity index (χ3v) is 5.63. The highest BCUT2D eigenvalue weighted by Gasteiger charge is 2.30. The van der Waals surface area contributed by atoms with Crippen molar-refractivity contribution < 1.29 is 14.3 Å². The Kier molecular flexibility index (Phi) is 6.49. The van der Waals surface area contributed by atoms with Gasteiger partial charge in [0.25, 0.3) is 5.88 Å². The van der Waals surface area contributed by atoms with Crippen molar-refractivity contribution in [3.8, 4) is 5.88 Å². The standard InChI is InChI=1S/C24H34N4O3/c1-24(2,3)31-23(29)28-15-7-6-9-18(28)10-8-16-30-22-21(25-17-13-14-17)26-19-11-4-5-12-20(19)27-22/h4-5,11-12,17-18H,6-10,13-16H2,1-3H3,(H,25,26)/t18-/m0/s1. The van der Waals surface area contributed by atoms with E-state index in [0.29, 0.717) is 18.5 Å². The van der Waals surface area contributed by atoms with Crippen LogP contribution < -0.4 is 10.1 Å². The number of benzene rings is 1. The van der Waals surface area contributed by atoms with Gasteiger partial charge < -0.3 is 19.7 Å². The molecule has 2 aliphatic rings. The fourth-order valence-electron chi connectivity index (χ4n) is 3.95. The molecule has 1 N–H and O–H groups in total. The average Bonchev–Trinajstić information content (AvgIpc) is 3.54. The molecular formula is C24H34N4O3. The summed E-state index contributed by atoms with van der Waals surface area (Å²) < 4.78 is 11.7. The first kappa shape index (κ1) is 21.7. The number of carbonyl (C=O) groups is 1. The van der Waals surface area contributed by atoms with Gasteiger partial charge in [-0.2, -0.15) is 0 Å². The summed E-state index contributed by atoms with van der Waals surface area (Å²) in [4.78, 5) is 23.9. The second-order valence-electron chi connectivity index (χ2n) is 9.60. The van der Waals surface area contributed by atoms with Crippen molar-refractivity contribution in [3.05, 3.63) is 24.3 Å². The molecule has 168 valence electrons. The molecule has 1 aromatic carbocycles. The van der Waals surface area contributed by atoms with Crippen molar-refractivity contribution in [3.63, 3.8) is 0 Å². The van der Waals surface area contributed by atoms with Crippen molar-refractivity contribution in [1.29, 1.82) is 0 Å². The van der Waals surface area contributed by atoms with Crippen LogP contribution in [0.15, 0.2) is 24.3 Å². The largest absolute Gasteiger partial charge is 0.475 e. The maximum Gasteiger partial charge on any atom is 0.410 e. The van der Waals surface area contributed by atoms with E-state index in [1.165, 1.54) is 0 Å². The third-order valence-electron chi connectivity index (χ3n) is 5.63. The molecule has 0 radical (unpaired) electrons. The minimum absolute atomic E-state index is 0.200. The Morgan fingerprint density at radius 2 is 1.87 bits per heavy atom. The minimum atomic E-state index is -0.470. The molecule has 1 aromatic heterocycles. The van der Waals surface area contributed by atoms with Crippen LogP contribution in [0.3, 0.4) is 0 Å². The fourth-order valence-corrected chi connectivity index (χ4v) is 3.95. The van der Waals surface area contributed by atoms with Crippen molar-refractivity contribution in [2.75, 3.05) is 18.5 Å². The molecule has 1 saturated carbocycles. The number of aromatic nitrogens is 2. The van der Waals surface area contributed by atoms with E-state index in [1.807, 2.05) is 49.9 Å². The number of hydrogen-bond donors (Lipinski definition) is 1. The van der Waals surface area contributed by atoms with Crippen molar-refractivity contribution in [2.45, 2.75) is 83.4 Å². The monoisotopic (exact) mass is 426 g/mol. The van der Waals surface area contributed by atoms with E-state index >= 15 is 0 Å². The van der Waals surface area contributed by atoms with E-state index in [0.717, 1.165) is 68.3 Å². The van der Waals surface area contributed by atoms with Crippen LogP contribution in [-0.2, 0) is 4.74 Å². The molecule has 1 amide bonds. The van der Waals surface area contributed by atoms with E-state index in [2.05, 4.69) is 5.32 Å². The number of amides is 1. The molecule has 1 atom stereocenters. The average molecular weight is 427 g/mol. The molecule has 7 heteroatoms. The maximum atomic E-state index is 12.6. The van der Waals surface area contributed by atoms with Gasteiger partial charge in [0.2, 0.25) is 0 Å². The lowest BCUT2D eigenvalue weighted by atomic mass is 9.98. The molecule has 1 saturated heterocycles. The Morgan fingerprint density at radius 1 is 1.13 bits per heavy atom. The van der Waals surface area contributed by atoms with Gasteiger partial charge in [-0.05, 0) is 77.8 Å². The number of hydrogen-bond acceptors (Lipinski definition) is 6. The quantitative estimate of drug-likeness (QED) is 0.617. The van der Waals surface area contributed by atoms with Crippen LogP contribution in [0.4, 0.5) is 10.6 Å². The second kappa shape index (κ2) is 9.28. The molecule has 0 bridgehead atoms. The Labute approximate surface area is 184 Å². The molecule has 2 fully saturated rings. The number of likely N-dealkylation sites (tertiary alicyclic amines) is 1. The number of para-hydroxylation sites is 2. The summed E-state index contributed by atoms with van der Waals surface area (Å²) >= 11 is 0. The van der Waals surface area contributed by atoms with E-state index in [1.54, 1.807) is 0 Å². The Bertz CT molecular complexity index is 907. The van der Waals surface area contributed by atoms with Gasteiger partial charge in [-0.25, -0.2) is 14.8 Å². The Hall–Kier alpha value is -2.57. The maximum absolute atomic E-state index is 12.6. The number of ether oxygens (including phenoxy) is 2. The van der Waals surface area contributed by atoms with Gasteiger partial charge in [-0.15, -0.1) is 0 Å². The van der Waals surface area contributed by atoms with Crippen LogP contribution >= 0.6 is 0 Å². The predicted octanol–water partition coefficient (Wildman–Crippen LogP) is 5.15. The topological polar surface area (TPSA) is 76.6 Å². The molecule has 4 rings (SSSR count). The number of fused-ring (bicyclic) bond motifs is 1. The van der Waals surface area contributed by atoms with Crippen molar-refractivity contribution in [2.24, 2.45) is 0 Å².